The van der Waals surface area contributed by atoms with Crippen LogP contribution in [0.3, 0.4) is 0 Å². The van der Waals surface area contributed by atoms with Crippen LogP contribution in [0, 0.1) is 10.1 Å². The van der Waals surface area contributed by atoms with E-state index in [1.807, 2.05) is 6.92 Å². The van der Waals surface area contributed by atoms with E-state index in [-0.39, 0.29) is 11.8 Å². The summed E-state index contributed by atoms with van der Waals surface area (Å²) in [7, 11) is 0. The molecule has 1 aliphatic heterocycles. The molecular formula is C15H14ClN3O3. The second kappa shape index (κ2) is 5.98. The Morgan fingerprint density at radius 2 is 2.32 bits per heavy atom. The zero-order chi connectivity index (χ0) is 15.7. The largest absolute Gasteiger partial charge is 0.378 e. The van der Waals surface area contributed by atoms with Gasteiger partial charge in [0.25, 0.3) is 0 Å². The molecule has 2 aromatic rings. The molecule has 0 aliphatic carbocycles. The Hall–Kier alpha value is -2.05. The molecule has 114 valence electrons. The van der Waals surface area contributed by atoms with Crippen LogP contribution in [0.5, 0.6) is 0 Å². The van der Waals surface area contributed by atoms with Crippen molar-refractivity contribution in [1.29, 1.82) is 0 Å². The summed E-state index contributed by atoms with van der Waals surface area (Å²) in [6.07, 6.45) is 2.66. The van der Waals surface area contributed by atoms with Crippen molar-refractivity contribution in [3.05, 3.63) is 39.5 Å². The first-order valence-corrected chi connectivity index (χ1v) is 7.33. The van der Waals surface area contributed by atoms with Gasteiger partial charge in [-0.05, 0) is 25.1 Å². The maximum atomic E-state index is 11.3. The topological polar surface area (TPSA) is 77.6 Å². The number of pyridine rings is 1. The predicted molar refractivity (Wildman–Crippen MR) is 85.2 cm³/mol. The van der Waals surface area contributed by atoms with E-state index >= 15 is 0 Å². The molecule has 6 nitrogen and oxygen atoms in total. The number of benzene rings is 1. The third-order valence-corrected chi connectivity index (χ3v) is 3.80. The Morgan fingerprint density at radius 3 is 3.05 bits per heavy atom. The molecule has 1 saturated heterocycles. The van der Waals surface area contributed by atoms with Gasteiger partial charge in [0.1, 0.15) is 6.20 Å². The van der Waals surface area contributed by atoms with Crippen LogP contribution in [0.1, 0.15) is 19.8 Å². The maximum Gasteiger partial charge on any atom is 0.313 e. The van der Waals surface area contributed by atoms with Gasteiger partial charge in [-0.25, -0.2) is 9.98 Å². The predicted octanol–water partition coefficient (Wildman–Crippen LogP) is 4.07. The fourth-order valence-electron chi connectivity index (χ4n) is 2.52. The van der Waals surface area contributed by atoms with E-state index in [9.17, 15) is 10.1 Å². The average Bonchev–Trinajstić information content (AvgIpc) is 2.47. The highest BCUT2D eigenvalue weighted by Gasteiger charge is 2.21. The van der Waals surface area contributed by atoms with Crippen LogP contribution in [-0.2, 0) is 4.74 Å². The number of nitrogens with zero attached hydrogens (tertiary/aromatic N) is 3. The highest BCUT2D eigenvalue weighted by molar-refractivity contribution is 6.31. The van der Waals surface area contributed by atoms with E-state index in [0.717, 1.165) is 5.71 Å². The molecule has 1 atom stereocenters. The van der Waals surface area contributed by atoms with Crippen molar-refractivity contribution >= 4 is 39.6 Å². The van der Waals surface area contributed by atoms with Crippen molar-refractivity contribution in [2.45, 2.75) is 25.9 Å². The number of fused-ring (bicyclic) bond motifs is 1. The van der Waals surface area contributed by atoms with Crippen LogP contribution in [-0.4, -0.2) is 28.3 Å². The van der Waals surface area contributed by atoms with E-state index in [0.29, 0.717) is 41.1 Å². The minimum Gasteiger partial charge on any atom is -0.378 e. The van der Waals surface area contributed by atoms with Crippen LogP contribution < -0.4 is 0 Å². The molecule has 0 bridgehead atoms. The summed E-state index contributed by atoms with van der Waals surface area (Å²) >= 11 is 6.02. The molecule has 0 saturated carbocycles. The molecule has 1 fully saturated rings. The number of aromatic nitrogens is 1. The lowest BCUT2D eigenvalue weighted by atomic mass is 10.1. The molecule has 1 aliphatic rings. The number of ether oxygens (including phenoxy) is 1. The first-order valence-electron chi connectivity index (χ1n) is 6.95. The summed E-state index contributed by atoms with van der Waals surface area (Å²) in [5.41, 5.74) is 1.74. The normalized spacial score (nSPS) is 20.5. The molecule has 0 N–H and O–H groups in total. The third-order valence-electron chi connectivity index (χ3n) is 3.56. The van der Waals surface area contributed by atoms with Crippen molar-refractivity contribution in [3.8, 4) is 0 Å². The summed E-state index contributed by atoms with van der Waals surface area (Å²) in [5, 5.41) is 12.4. The van der Waals surface area contributed by atoms with E-state index in [1.165, 1.54) is 6.20 Å². The number of rotatable bonds is 2. The Morgan fingerprint density at radius 1 is 1.50 bits per heavy atom. The molecular weight excluding hydrogens is 306 g/mol. The number of hydrogen-bond acceptors (Lipinski definition) is 5. The monoisotopic (exact) mass is 319 g/mol. The molecule has 0 unspecified atom stereocenters. The molecule has 0 radical (unpaired) electrons. The quantitative estimate of drug-likeness (QED) is 0.617. The first kappa shape index (κ1) is 14.9. The second-order valence-corrected chi connectivity index (χ2v) is 5.66. The van der Waals surface area contributed by atoms with Gasteiger partial charge in [0.15, 0.2) is 5.69 Å². The Labute approximate surface area is 131 Å². The standard InChI is InChI=1S/C15H14ClN3O3/c1-9-6-11(4-5-22-9)18-15-12-7-10(16)2-3-13(12)17-8-14(15)19(20)21/h2-3,7-9H,4-6H2,1H3/t9-/m1/s1. The summed E-state index contributed by atoms with van der Waals surface area (Å²) in [6, 6.07) is 5.10. The van der Waals surface area contributed by atoms with Crippen LogP contribution in [0.2, 0.25) is 5.02 Å². The highest BCUT2D eigenvalue weighted by Crippen LogP contribution is 2.36. The summed E-state index contributed by atoms with van der Waals surface area (Å²) in [4.78, 5) is 19.5. The van der Waals surface area contributed by atoms with Gasteiger partial charge < -0.3 is 4.74 Å². The van der Waals surface area contributed by atoms with E-state index in [2.05, 4.69) is 9.98 Å². The molecule has 0 spiro atoms. The van der Waals surface area contributed by atoms with E-state index < -0.39 is 4.92 Å². The number of aliphatic imine (C=N–C) groups is 1. The lowest BCUT2D eigenvalue weighted by molar-refractivity contribution is -0.384. The molecule has 22 heavy (non-hydrogen) atoms. The van der Waals surface area contributed by atoms with Crippen molar-refractivity contribution < 1.29 is 9.66 Å². The maximum absolute atomic E-state index is 11.3. The number of hydrogen-bond donors (Lipinski definition) is 0. The smallest absolute Gasteiger partial charge is 0.313 e. The van der Waals surface area contributed by atoms with Gasteiger partial charge in [-0.15, -0.1) is 0 Å². The van der Waals surface area contributed by atoms with Gasteiger partial charge in [-0.1, -0.05) is 11.6 Å². The van der Waals surface area contributed by atoms with Gasteiger partial charge in [-0.3, -0.25) is 10.1 Å². The van der Waals surface area contributed by atoms with Gasteiger partial charge in [0.05, 0.1) is 23.2 Å². The molecule has 2 heterocycles. The van der Waals surface area contributed by atoms with Gasteiger partial charge in [0.2, 0.25) is 0 Å². The second-order valence-electron chi connectivity index (χ2n) is 5.22. The minimum atomic E-state index is -0.463. The molecule has 1 aromatic heterocycles. The van der Waals surface area contributed by atoms with Crippen molar-refractivity contribution in [1.82, 2.24) is 4.98 Å². The van der Waals surface area contributed by atoms with Gasteiger partial charge in [0, 0.05) is 29.0 Å². The SMILES string of the molecule is C[C@@H]1CC(=Nc2c([N+](=O)[O-])cnc3ccc(Cl)cc23)CCO1. The van der Waals surface area contributed by atoms with Crippen molar-refractivity contribution in [2.24, 2.45) is 4.99 Å². The van der Waals surface area contributed by atoms with Crippen molar-refractivity contribution in [2.75, 3.05) is 6.61 Å². The Balaban J connectivity index is 2.20. The number of halogens is 1. The lowest BCUT2D eigenvalue weighted by Crippen LogP contribution is -2.22. The third kappa shape index (κ3) is 2.93. The van der Waals surface area contributed by atoms with Crippen LogP contribution >= 0.6 is 11.6 Å². The highest BCUT2D eigenvalue weighted by atomic mass is 35.5. The summed E-state index contributed by atoms with van der Waals surface area (Å²) in [5.74, 6) is 0. The van der Waals surface area contributed by atoms with Gasteiger partial charge in [-0.2, -0.15) is 0 Å². The fourth-order valence-corrected chi connectivity index (χ4v) is 2.69. The lowest BCUT2D eigenvalue weighted by Gasteiger charge is -2.20. The molecule has 3 rings (SSSR count). The van der Waals surface area contributed by atoms with E-state index in [1.54, 1.807) is 18.2 Å². The Bertz CT molecular complexity index is 776. The fraction of sp³-hybridized carbons (Fsp3) is 0.333. The zero-order valence-electron chi connectivity index (χ0n) is 12.0. The van der Waals surface area contributed by atoms with Crippen LogP contribution in [0.4, 0.5) is 11.4 Å². The molecule has 1 aromatic carbocycles. The Kier molecular flexibility index (Phi) is 4.04. The first-order chi connectivity index (χ1) is 10.5. The zero-order valence-corrected chi connectivity index (χ0v) is 12.7. The molecule has 0 amide bonds. The molecule has 7 heteroatoms. The van der Waals surface area contributed by atoms with Crippen molar-refractivity contribution in [3.63, 3.8) is 0 Å². The van der Waals surface area contributed by atoms with Crippen LogP contribution in [0.25, 0.3) is 10.9 Å². The average molecular weight is 320 g/mol. The number of nitro groups is 1. The van der Waals surface area contributed by atoms with Gasteiger partial charge >= 0.3 is 5.69 Å². The minimum absolute atomic E-state index is 0.0724. The van der Waals surface area contributed by atoms with Crippen LogP contribution in [0.15, 0.2) is 29.4 Å². The summed E-state index contributed by atoms with van der Waals surface area (Å²) in [6.45, 7) is 2.54. The summed E-state index contributed by atoms with van der Waals surface area (Å²) < 4.78 is 5.48. The van der Waals surface area contributed by atoms with E-state index in [4.69, 9.17) is 16.3 Å².